The first-order valence-electron chi connectivity index (χ1n) is 8.63. The van der Waals surface area contributed by atoms with E-state index >= 15 is 0 Å². The van der Waals surface area contributed by atoms with Crippen LogP contribution in [0.3, 0.4) is 0 Å². The maximum Gasteiger partial charge on any atom is 0.414 e. The Morgan fingerprint density at radius 2 is 2.00 bits per heavy atom. The van der Waals surface area contributed by atoms with Crippen LogP contribution < -0.4 is 9.64 Å². The number of halogens is 1. The summed E-state index contributed by atoms with van der Waals surface area (Å²) in [6, 6.07) is 10.9. The Balaban J connectivity index is 1.76. The molecule has 8 nitrogen and oxygen atoms in total. The molecule has 0 fully saturated rings. The van der Waals surface area contributed by atoms with Crippen LogP contribution in [-0.4, -0.2) is 55.0 Å². The number of rotatable bonds is 4. The summed E-state index contributed by atoms with van der Waals surface area (Å²) in [6.45, 7) is 0.549. The van der Waals surface area contributed by atoms with Crippen molar-refractivity contribution in [1.82, 2.24) is 9.88 Å². The van der Waals surface area contributed by atoms with Crippen molar-refractivity contribution >= 4 is 46.0 Å². The molecule has 9 heteroatoms. The van der Waals surface area contributed by atoms with Gasteiger partial charge in [-0.15, -0.1) is 0 Å². The highest BCUT2D eigenvalue weighted by atomic mass is 79.9. The maximum absolute atomic E-state index is 12.5. The third-order valence-corrected chi connectivity index (χ3v) is 4.36. The van der Waals surface area contributed by atoms with Gasteiger partial charge in [-0.05, 0) is 36.4 Å². The number of hydrogen-bond acceptors (Lipinski definition) is 6. The Hall–Kier alpha value is -3.33. The van der Waals surface area contributed by atoms with Gasteiger partial charge in [0.15, 0.2) is 5.75 Å². The van der Waals surface area contributed by atoms with Crippen molar-refractivity contribution in [2.45, 2.75) is 0 Å². The van der Waals surface area contributed by atoms with Gasteiger partial charge in [0.25, 0.3) is 5.91 Å². The zero-order chi connectivity index (χ0) is 20.8. The van der Waals surface area contributed by atoms with E-state index in [1.54, 1.807) is 38.6 Å². The number of anilines is 1. The van der Waals surface area contributed by atoms with Crippen molar-refractivity contribution in [3.8, 4) is 5.75 Å². The third-order valence-electron chi connectivity index (χ3n) is 3.83. The van der Waals surface area contributed by atoms with E-state index in [0.29, 0.717) is 6.54 Å². The minimum absolute atomic E-state index is 0.193. The fourth-order valence-corrected chi connectivity index (χ4v) is 2.61. The Morgan fingerprint density at radius 1 is 1.24 bits per heavy atom. The molecule has 1 aromatic carbocycles. The van der Waals surface area contributed by atoms with Crippen LogP contribution >= 0.6 is 15.9 Å². The normalized spacial score (nSPS) is 13.3. The number of carbonyl (C=O) groups is 2. The van der Waals surface area contributed by atoms with Crippen LogP contribution in [0.2, 0.25) is 0 Å². The molecular weight excluding hydrogens is 438 g/mol. The van der Waals surface area contributed by atoms with E-state index < -0.39 is 12.0 Å². The monoisotopic (exact) mass is 455 g/mol. The van der Waals surface area contributed by atoms with E-state index in [0.717, 1.165) is 10.2 Å². The van der Waals surface area contributed by atoms with E-state index in [2.05, 4.69) is 30.9 Å². The zero-order valence-corrected chi connectivity index (χ0v) is 17.4. The molecule has 1 aliphatic rings. The van der Waals surface area contributed by atoms with Gasteiger partial charge in [-0.3, -0.25) is 14.8 Å². The van der Waals surface area contributed by atoms with Crippen molar-refractivity contribution in [3.05, 3.63) is 64.7 Å². The number of ether oxygens (including phenoxy) is 1. The predicted molar refractivity (Wildman–Crippen MR) is 115 cm³/mol. The van der Waals surface area contributed by atoms with E-state index in [4.69, 9.17) is 4.74 Å². The summed E-state index contributed by atoms with van der Waals surface area (Å²) in [5, 5.41) is 0. The number of carbonyl (C=O) groups excluding carboxylic acids is 2. The van der Waals surface area contributed by atoms with Crippen LogP contribution in [0.15, 0.2) is 68.9 Å². The van der Waals surface area contributed by atoms with E-state index in [9.17, 15) is 9.59 Å². The van der Waals surface area contributed by atoms with Crippen LogP contribution in [0, 0.1) is 0 Å². The zero-order valence-electron chi connectivity index (χ0n) is 15.8. The second-order valence-corrected chi connectivity index (χ2v) is 7.08. The van der Waals surface area contributed by atoms with Gasteiger partial charge >= 0.3 is 6.09 Å². The molecule has 0 bridgehead atoms. The highest BCUT2D eigenvalue weighted by Crippen LogP contribution is 2.21. The molecule has 1 aromatic heterocycles. The Bertz CT molecular complexity index is 999. The van der Waals surface area contributed by atoms with Gasteiger partial charge in [0.2, 0.25) is 0 Å². The van der Waals surface area contributed by atoms with Crippen LogP contribution in [0.4, 0.5) is 10.5 Å². The molecule has 0 aliphatic carbocycles. The third kappa shape index (κ3) is 5.35. The van der Waals surface area contributed by atoms with Crippen LogP contribution in [0.1, 0.15) is 5.69 Å². The van der Waals surface area contributed by atoms with Gasteiger partial charge in [0, 0.05) is 42.9 Å². The lowest BCUT2D eigenvalue weighted by Crippen LogP contribution is -2.25. The summed E-state index contributed by atoms with van der Waals surface area (Å²) < 4.78 is 6.21. The topological polar surface area (TPSA) is 87.5 Å². The van der Waals surface area contributed by atoms with Gasteiger partial charge in [-0.25, -0.2) is 9.79 Å². The van der Waals surface area contributed by atoms with Gasteiger partial charge < -0.3 is 14.5 Å². The summed E-state index contributed by atoms with van der Waals surface area (Å²) in [7, 11) is 3.14. The van der Waals surface area contributed by atoms with Gasteiger partial charge in [-0.2, -0.15) is 0 Å². The highest BCUT2D eigenvalue weighted by Gasteiger charge is 2.15. The van der Waals surface area contributed by atoms with E-state index in [1.807, 2.05) is 29.2 Å². The van der Waals surface area contributed by atoms with Gasteiger partial charge in [0.05, 0.1) is 12.8 Å². The lowest BCUT2D eigenvalue weighted by atomic mass is 10.2. The average molecular weight is 456 g/mol. The second-order valence-electron chi connectivity index (χ2n) is 6.17. The fourth-order valence-electron chi connectivity index (χ4n) is 2.34. The number of aliphatic imine (C=N–C) groups is 2. The second kappa shape index (κ2) is 9.24. The molecule has 29 heavy (non-hydrogen) atoms. The predicted octanol–water partition coefficient (Wildman–Crippen LogP) is 3.28. The Kier molecular flexibility index (Phi) is 6.50. The molecule has 0 unspecified atom stereocenters. The number of amides is 2. The van der Waals surface area contributed by atoms with Crippen molar-refractivity contribution in [2.75, 3.05) is 25.5 Å². The Morgan fingerprint density at radius 3 is 2.72 bits per heavy atom. The fraction of sp³-hybridized carbons (Fsp3) is 0.150. The maximum atomic E-state index is 12.5. The summed E-state index contributed by atoms with van der Waals surface area (Å²) in [5.74, 6) is -0.320. The molecule has 0 saturated heterocycles. The van der Waals surface area contributed by atoms with Crippen molar-refractivity contribution in [1.29, 1.82) is 0 Å². The molecule has 148 valence electrons. The molecule has 0 radical (unpaired) electrons. The summed E-state index contributed by atoms with van der Waals surface area (Å²) in [5.41, 5.74) is 1.38. The molecular formula is C20H18BrN5O3. The molecule has 0 spiro atoms. The molecule has 3 rings (SSSR count). The lowest BCUT2D eigenvalue weighted by Gasteiger charge is -2.21. The quantitative estimate of drug-likeness (QED) is 0.660. The van der Waals surface area contributed by atoms with Crippen LogP contribution in [0.25, 0.3) is 0 Å². The van der Waals surface area contributed by atoms with Crippen LogP contribution in [-0.2, 0) is 4.79 Å². The first kappa shape index (κ1) is 20.4. The molecule has 2 amide bonds. The number of hydrogen-bond donors (Lipinski definition) is 0. The average Bonchev–Trinajstić information content (AvgIpc) is 2.73. The lowest BCUT2D eigenvalue weighted by molar-refractivity contribution is -0.114. The first-order chi connectivity index (χ1) is 13.9. The molecule has 1 aliphatic heterocycles. The SMILES string of the molecule is CN(C)C(=O)Oc1cccnc1C=NC(=O)C1=CN(c2ccc(Br)cc2)CC=N1. The number of aromatic nitrogens is 1. The Labute approximate surface area is 176 Å². The minimum Gasteiger partial charge on any atom is -0.408 e. The smallest absolute Gasteiger partial charge is 0.408 e. The standard InChI is InChI=1S/C20H18BrN5O3/c1-25(2)20(28)29-18-4-3-9-22-16(18)12-24-19(27)17-13-26(11-10-23-17)15-7-5-14(21)6-8-15/h3-10,12-13H,11H2,1-2H3. The molecule has 2 aromatic rings. The molecule has 0 atom stereocenters. The van der Waals surface area contributed by atoms with Gasteiger partial charge in [-0.1, -0.05) is 15.9 Å². The molecule has 0 saturated carbocycles. The summed E-state index contributed by atoms with van der Waals surface area (Å²) in [4.78, 5) is 39.6. The first-order valence-corrected chi connectivity index (χ1v) is 9.42. The summed E-state index contributed by atoms with van der Waals surface area (Å²) in [6.07, 6.45) is 5.52. The van der Waals surface area contributed by atoms with E-state index in [1.165, 1.54) is 17.3 Å². The summed E-state index contributed by atoms with van der Waals surface area (Å²) >= 11 is 3.40. The molecule has 0 N–H and O–H groups in total. The van der Waals surface area contributed by atoms with Crippen LogP contribution in [0.5, 0.6) is 5.75 Å². The van der Waals surface area contributed by atoms with Gasteiger partial charge in [0.1, 0.15) is 11.4 Å². The van der Waals surface area contributed by atoms with Crippen molar-refractivity contribution in [3.63, 3.8) is 0 Å². The highest BCUT2D eigenvalue weighted by molar-refractivity contribution is 9.10. The van der Waals surface area contributed by atoms with E-state index in [-0.39, 0.29) is 17.1 Å². The minimum atomic E-state index is -0.552. The number of benzene rings is 1. The largest absolute Gasteiger partial charge is 0.414 e. The number of nitrogens with zero attached hydrogens (tertiary/aromatic N) is 5. The number of pyridine rings is 1. The van der Waals surface area contributed by atoms with Crippen molar-refractivity contribution < 1.29 is 14.3 Å². The van der Waals surface area contributed by atoms with Crippen molar-refractivity contribution in [2.24, 2.45) is 9.98 Å². The molecule has 2 heterocycles.